The Morgan fingerprint density at radius 1 is 1.04 bits per heavy atom. The Morgan fingerprint density at radius 3 is 2.50 bits per heavy atom. The molecule has 0 amide bonds. The van der Waals surface area contributed by atoms with Crippen LogP contribution in [0.2, 0.25) is 0 Å². The van der Waals surface area contributed by atoms with E-state index in [1.54, 1.807) is 4.90 Å². The van der Waals surface area contributed by atoms with Crippen molar-refractivity contribution in [2.75, 3.05) is 31.1 Å². The molecule has 26 heavy (non-hydrogen) atoms. The predicted octanol–water partition coefficient (Wildman–Crippen LogP) is 3.79. The van der Waals surface area contributed by atoms with Crippen molar-refractivity contribution in [2.24, 2.45) is 0 Å². The molecule has 142 valence electrons. The number of halogens is 2. The second kappa shape index (κ2) is 6.06. The molecule has 1 saturated carbocycles. The number of hydrogen-bond acceptors (Lipinski definition) is 4. The summed E-state index contributed by atoms with van der Waals surface area (Å²) < 4.78 is 39.4. The van der Waals surface area contributed by atoms with Crippen molar-refractivity contribution in [3.05, 3.63) is 23.8 Å². The minimum Gasteiger partial charge on any atom is -0.462 e. The lowest BCUT2D eigenvalue weighted by Crippen LogP contribution is -2.54. The Morgan fingerprint density at radius 2 is 1.85 bits per heavy atom. The van der Waals surface area contributed by atoms with Gasteiger partial charge in [0.2, 0.25) is 5.79 Å². The van der Waals surface area contributed by atoms with Crippen LogP contribution in [0.1, 0.15) is 44.1 Å². The molecule has 3 fully saturated rings. The molecule has 0 atom stereocenters. The van der Waals surface area contributed by atoms with Crippen LogP contribution in [0.3, 0.4) is 0 Å². The fraction of sp³-hybridized carbons (Fsp3) is 0.700. The first-order valence-electron chi connectivity index (χ1n) is 9.85. The number of hydrogen-bond donors (Lipinski definition) is 0. The zero-order chi connectivity index (χ0) is 17.8. The Balaban J connectivity index is 1.27. The number of piperidine rings is 1. The summed E-state index contributed by atoms with van der Waals surface area (Å²) in [5.41, 5.74) is 1.80. The monoisotopic (exact) mass is 364 g/mol. The zero-order valence-electron chi connectivity index (χ0n) is 15.1. The Labute approximate surface area is 153 Å². The molecule has 0 unspecified atom stereocenters. The molecule has 0 aromatic heterocycles. The lowest BCUT2D eigenvalue weighted by molar-refractivity contribution is -0.231. The minimum absolute atomic E-state index is 0.0717. The van der Waals surface area contributed by atoms with Crippen LogP contribution in [-0.2, 0) is 11.3 Å². The van der Waals surface area contributed by atoms with Crippen molar-refractivity contribution >= 4 is 5.69 Å². The number of anilines is 1. The maximum Gasteiger partial charge on any atom is 0.266 e. The van der Waals surface area contributed by atoms with Crippen molar-refractivity contribution < 1.29 is 18.3 Å². The van der Waals surface area contributed by atoms with Crippen molar-refractivity contribution in [1.82, 2.24) is 4.90 Å². The lowest BCUT2D eigenvalue weighted by atomic mass is 9.89. The van der Waals surface area contributed by atoms with Crippen LogP contribution in [-0.4, -0.2) is 48.8 Å². The highest BCUT2D eigenvalue weighted by Crippen LogP contribution is 2.41. The number of alkyl halides is 2. The number of nitrogens with zero attached hydrogens (tertiary/aromatic N) is 2. The zero-order valence-corrected chi connectivity index (χ0v) is 15.1. The third-order valence-electron chi connectivity index (χ3n) is 6.52. The van der Waals surface area contributed by atoms with E-state index in [0.717, 1.165) is 49.0 Å². The van der Waals surface area contributed by atoms with E-state index in [2.05, 4.69) is 4.90 Å². The molecule has 1 aromatic carbocycles. The highest BCUT2D eigenvalue weighted by Gasteiger charge is 2.43. The van der Waals surface area contributed by atoms with Gasteiger partial charge >= 0.3 is 0 Å². The average Bonchev–Trinajstić information content (AvgIpc) is 2.95. The molecule has 1 aromatic rings. The molecule has 2 saturated heterocycles. The standard InChI is InChI=1S/C20H26F2N2O2/c21-19(22)6-9-24(14-19)17-4-5-18-15(12-17)13-25-20(26-18)7-10-23(11-8-20)16-2-1-3-16/h4-5,12,16H,1-3,6-11,13-14H2. The third kappa shape index (κ3) is 2.97. The summed E-state index contributed by atoms with van der Waals surface area (Å²) in [7, 11) is 0. The van der Waals surface area contributed by atoms with Gasteiger partial charge in [-0.3, -0.25) is 4.90 Å². The largest absolute Gasteiger partial charge is 0.462 e. The summed E-state index contributed by atoms with van der Waals surface area (Å²) in [5, 5.41) is 0. The van der Waals surface area contributed by atoms with Crippen LogP contribution in [0.15, 0.2) is 18.2 Å². The maximum atomic E-state index is 13.5. The molecule has 0 radical (unpaired) electrons. The van der Waals surface area contributed by atoms with Crippen LogP contribution in [0, 0.1) is 0 Å². The van der Waals surface area contributed by atoms with Gasteiger partial charge in [-0.1, -0.05) is 6.42 Å². The fourth-order valence-corrected chi connectivity index (χ4v) is 4.60. The second-order valence-corrected chi connectivity index (χ2v) is 8.24. The Bertz CT molecular complexity index is 684. The van der Waals surface area contributed by atoms with Gasteiger partial charge in [0.05, 0.1) is 13.2 Å². The summed E-state index contributed by atoms with van der Waals surface area (Å²) in [5.74, 6) is -2.24. The molecule has 5 rings (SSSR count). The van der Waals surface area contributed by atoms with Gasteiger partial charge in [0.15, 0.2) is 0 Å². The first-order valence-corrected chi connectivity index (χ1v) is 9.85. The van der Waals surface area contributed by atoms with E-state index in [0.29, 0.717) is 13.2 Å². The second-order valence-electron chi connectivity index (χ2n) is 8.24. The van der Waals surface area contributed by atoms with Gasteiger partial charge in [-0.15, -0.1) is 0 Å². The molecule has 3 heterocycles. The van der Waals surface area contributed by atoms with E-state index in [-0.39, 0.29) is 13.0 Å². The van der Waals surface area contributed by atoms with E-state index < -0.39 is 11.7 Å². The molecular weight excluding hydrogens is 338 g/mol. The van der Waals surface area contributed by atoms with Gasteiger partial charge in [-0.2, -0.15) is 0 Å². The molecule has 4 aliphatic rings. The van der Waals surface area contributed by atoms with Crippen molar-refractivity contribution in [1.29, 1.82) is 0 Å². The molecule has 1 spiro atoms. The van der Waals surface area contributed by atoms with E-state index >= 15 is 0 Å². The summed E-state index contributed by atoms with van der Waals surface area (Å²) >= 11 is 0. The Hall–Kier alpha value is -1.40. The highest BCUT2D eigenvalue weighted by atomic mass is 19.3. The summed E-state index contributed by atoms with van der Waals surface area (Å²) in [6.07, 6.45) is 5.73. The van der Waals surface area contributed by atoms with Crippen molar-refractivity contribution in [3.8, 4) is 5.75 Å². The first-order chi connectivity index (χ1) is 12.5. The van der Waals surface area contributed by atoms with Gasteiger partial charge in [0.1, 0.15) is 5.75 Å². The minimum atomic E-state index is -2.58. The lowest BCUT2D eigenvalue weighted by Gasteiger charge is -2.47. The SMILES string of the molecule is FC1(F)CCN(c2ccc3c(c2)COC2(CCN(C4CCC4)CC2)O3)C1. The summed E-state index contributed by atoms with van der Waals surface area (Å²) in [6, 6.07) is 6.56. The molecule has 1 aliphatic carbocycles. The maximum absolute atomic E-state index is 13.5. The van der Waals surface area contributed by atoms with Gasteiger partial charge in [0, 0.05) is 56.2 Å². The first kappa shape index (κ1) is 16.8. The van der Waals surface area contributed by atoms with Crippen LogP contribution in [0.5, 0.6) is 5.75 Å². The number of fused-ring (bicyclic) bond motifs is 1. The van der Waals surface area contributed by atoms with E-state index in [1.807, 2.05) is 18.2 Å². The van der Waals surface area contributed by atoms with Gasteiger partial charge in [-0.25, -0.2) is 8.78 Å². The normalized spacial score (nSPS) is 27.8. The van der Waals surface area contributed by atoms with E-state index in [1.165, 1.54) is 19.3 Å². The van der Waals surface area contributed by atoms with E-state index in [9.17, 15) is 8.78 Å². The number of likely N-dealkylation sites (tertiary alicyclic amines) is 1. The number of benzene rings is 1. The average molecular weight is 364 g/mol. The van der Waals surface area contributed by atoms with Crippen LogP contribution >= 0.6 is 0 Å². The number of rotatable bonds is 2. The molecule has 4 nitrogen and oxygen atoms in total. The quantitative estimate of drug-likeness (QED) is 0.797. The molecule has 6 heteroatoms. The topological polar surface area (TPSA) is 24.9 Å². The predicted molar refractivity (Wildman–Crippen MR) is 94.8 cm³/mol. The van der Waals surface area contributed by atoms with Crippen LogP contribution < -0.4 is 9.64 Å². The molecule has 3 aliphatic heterocycles. The fourth-order valence-electron chi connectivity index (χ4n) is 4.60. The summed E-state index contributed by atoms with van der Waals surface area (Å²) in [6.45, 7) is 2.75. The van der Waals surface area contributed by atoms with Crippen molar-refractivity contribution in [2.45, 2.75) is 62.9 Å². The van der Waals surface area contributed by atoms with Crippen LogP contribution in [0.4, 0.5) is 14.5 Å². The van der Waals surface area contributed by atoms with Gasteiger partial charge < -0.3 is 14.4 Å². The van der Waals surface area contributed by atoms with E-state index in [4.69, 9.17) is 9.47 Å². The number of ether oxygens (including phenoxy) is 2. The van der Waals surface area contributed by atoms with Crippen LogP contribution in [0.25, 0.3) is 0 Å². The summed E-state index contributed by atoms with van der Waals surface area (Å²) in [4.78, 5) is 4.33. The molecule has 0 N–H and O–H groups in total. The molecule has 0 bridgehead atoms. The van der Waals surface area contributed by atoms with Gasteiger partial charge in [-0.05, 0) is 31.0 Å². The van der Waals surface area contributed by atoms with Crippen molar-refractivity contribution in [3.63, 3.8) is 0 Å². The Kier molecular flexibility index (Phi) is 3.90. The smallest absolute Gasteiger partial charge is 0.266 e. The van der Waals surface area contributed by atoms with Gasteiger partial charge in [0.25, 0.3) is 5.92 Å². The molecular formula is C20H26F2N2O2. The highest BCUT2D eigenvalue weighted by molar-refractivity contribution is 5.54. The third-order valence-corrected chi connectivity index (χ3v) is 6.52.